The molecule has 0 saturated carbocycles. The first kappa shape index (κ1) is 16.3. The maximum Gasteiger partial charge on any atom is 0.322 e. The number of amides is 2. The highest BCUT2D eigenvalue weighted by Gasteiger charge is 2.20. The summed E-state index contributed by atoms with van der Waals surface area (Å²) in [6.07, 6.45) is 2.68. The molecule has 2 amide bonds. The predicted molar refractivity (Wildman–Crippen MR) is 104 cm³/mol. The average molecular weight is 343 g/mol. The quantitative estimate of drug-likeness (QED) is 0.736. The Morgan fingerprint density at radius 1 is 1.04 bits per heavy atom. The van der Waals surface area contributed by atoms with Crippen molar-refractivity contribution in [3.05, 3.63) is 83.6 Å². The smallest absolute Gasteiger partial charge is 0.320 e. The summed E-state index contributed by atoms with van der Waals surface area (Å²) in [5, 5.41) is 3.04. The lowest BCUT2D eigenvalue weighted by atomic mass is 10.0. The zero-order valence-corrected chi connectivity index (χ0v) is 14.8. The molecule has 1 aliphatic heterocycles. The van der Waals surface area contributed by atoms with Gasteiger partial charge in [-0.25, -0.2) is 4.79 Å². The van der Waals surface area contributed by atoms with Crippen LogP contribution in [0.2, 0.25) is 0 Å². The van der Waals surface area contributed by atoms with Gasteiger partial charge in [0, 0.05) is 30.5 Å². The van der Waals surface area contributed by atoms with E-state index in [2.05, 4.69) is 35.4 Å². The number of fused-ring (bicyclic) bond motifs is 1. The summed E-state index contributed by atoms with van der Waals surface area (Å²) in [7, 11) is 0. The van der Waals surface area contributed by atoms with Gasteiger partial charge >= 0.3 is 6.03 Å². The Balaban J connectivity index is 1.52. The molecule has 4 nitrogen and oxygen atoms in total. The first-order valence-corrected chi connectivity index (χ1v) is 8.85. The molecule has 0 unspecified atom stereocenters. The minimum atomic E-state index is -0.0599. The summed E-state index contributed by atoms with van der Waals surface area (Å²) in [4.78, 5) is 19.0. The highest BCUT2D eigenvalue weighted by molar-refractivity contribution is 5.90. The number of urea groups is 1. The van der Waals surface area contributed by atoms with E-state index in [0.717, 1.165) is 35.5 Å². The van der Waals surface area contributed by atoms with E-state index in [4.69, 9.17) is 0 Å². The first-order chi connectivity index (χ1) is 12.7. The number of benzene rings is 2. The lowest BCUT2D eigenvalue weighted by Gasteiger charge is -2.29. The zero-order valence-electron chi connectivity index (χ0n) is 14.8. The largest absolute Gasteiger partial charge is 0.322 e. The first-order valence-electron chi connectivity index (χ1n) is 8.85. The summed E-state index contributed by atoms with van der Waals surface area (Å²) in [6, 6.07) is 20.1. The van der Waals surface area contributed by atoms with Crippen molar-refractivity contribution in [1.29, 1.82) is 0 Å². The fourth-order valence-electron chi connectivity index (χ4n) is 3.37. The van der Waals surface area contributed by atoms with Gasteiger partial charge in [-0.3, -0.25) is 4.98 Å². The maximum atomic E-state index is 12.7. The molecular formula is C22H21N3O. The van der Waals surface area contributed by atoms with Crippen molar-refractivity contribution in [3.8, 4) is 11.3 Å². The normalized spacial score (nSPS) is 13.2. The number of nitrogens with zero attached hydrogens (tertiary/aromatic N) is 2. The Kier molecular flexibility index (Phi) is 4.40. The molecule has 4 heteroatoms. The fourth-order valence-corrected chi connectivity index (χ4v) is 3.37. The zero-order chi connectivity index (χ0) is 17.9. The van der Waals surface area contributed by atoms with Crippen LogP contribution in [0, 0.1) is 6.92 Å². The molecule has 130 valence electrons. The Morgan fingerprint density at radius 3 is 2.65 bits per heavy atom. The molecule has 2 aromatic carbocycles. The van der Waals surface area contributed by atoms with Crippen molar-refractivity contribution in [2.75, 3.05) is 11.9 Å². The molecule has 0 fully saturated rings. The van der Waals surface area contributed by atoms with E-state index < -0.39 is 0 Å². The third-order valence-corrected chi connectivity index (χ3v) is 4.85. The van der Waals surface area contributed by atoms with Crippen molar-refractivity contribution >= 4 is 11.7 Å². The van der Waals surface area contributed by atoms with Crippen molar-refractivity contribution in [2.24, 2.45) is 0 Å². The molecule has 3 aromatic rings. The molecule has 0 spiro atoms. The van der Waals surface area contributed by atoms with Crippen LogP contribution in [0.3, 0.4) is 0 Å². The van der Waals surface area contributed by atoms with E-state index in [1.807, 2.05) is 47.4 Å². The Bertz CT molecular complexity index is 937. The van der Waals surface area contributed by atoms with E-state index in [0.29, 0.717) is 6.54 Å². The minimum absolute atomic E-state index is 0.0599. The molecular weight excluding hydrogens is 322 g/mol. The van der Waals surface area contributed by atoms with Crippen LogP contribution in [0.4, 0.5) is 10.5 Å². The molecule has 1 N–H and O–H groups in total. The number of hydrogen-bond acceptors (Lipinski definition) is 2. The van der Waals surface area contributed by atoms with Crippen LogP contribution < -0.4 is 5.32 Å². The lowest BCUT2D eigenvalue weighted by molar-refractivity contribution is 0.206. The third-order valence-electron chi connectivity index (χ3n) is 4.85. The van der Waals surface area contributed by atoms with E-state index in [1.54, 1.807) is 6.20 Å². The average Bonchev–Trinajstić information content (AvgIpc) is 2.69. The Hall–Kier alpha value is -3.14. The highest BCUT2D eigenvalue weighted by Crippen LogP contribution is 2.25. The Morgan fingerprint density at radius 2 is 1.85 bits per heavy atom. The van der Waals surface area contributed by atoms with E-state index in [9.17, 15) is 4.79 Å². The molecule has 0 aliphatic carbocycles. The summed E-state index contributed by atoms with van der Waals surface area (Å²) >= 11 is 0. The van der Waals surface area contributed by atoms with Gasteiger partial charge in [0.1, 0.15) is 0 Å². The van der Waals surface area contributed by atoms with Crippen molar-refractivity contribution in [2.45, 2.75) is 19.9 Å². The standard InChI is InChI=1S/C22H21N3O/c1-16-9-10-19(14-20(16)21-8-4-5-12-23-21)24-22(26)25-13-11-17-6-2-3-7-18(17)15-25/h2-10,12,14H,11,13,15H2,1H3,(H,24,26). The van der Waals surface area contributed by atoms with Crippen LogP contribution >= 0.6 is 0 Å². The van der Waals surface area contributed by atoms with Crippen molar-refractivity contribution in [3.63, 3.8) is 0 Å². The van der Waals surface area contributed by atoms with Gasteiger partial charge in [0.25, 0.3) is 0 Å². The number of carbonyl (C=O) groups excluding carboxylic acids is 1. The molecule has 26 heavy (non-hydrogen) atoms. The van der Waals surface area contributed by atoms with Gasteiger partial charge in [0.2, 0.25) is 0 Å². The van der Waals surface area contributed by atoms with Gasteiger partial charge in [0.15, 0.2) is 0 Å². The number of aromatic nitrogens is 1. The molecule has 0 bridgehead atoms. The molecule has 1 aromatic heterocycles. The summed E-state index contributed by atoms with van der Waals surface area (Å²) in [5.41, 5.74) is 6.44. The Labute approximate surface area is 153 Å². The van der Waals surface area contributed by atoms with E-state index in [-0.39, 0.29) is 6.03 Å². The number of rotatable bonds is 2. The maximum absolute atomic E-state index is 12.7. The van der Waals surface area contributed by atoms with Gasteiger partial charge < -0.3 is 10.2 Å². The molecule has 0 saturated heterocycles. The predicted octanol–water partition coefficient (Wildman–Crippen LogP) is 4.65. The second kappa shape index (κ2) is 7.00. The van der Waals surface area contributed by atoms with Crippen LogP contribution in [0.1, 0.15) is 16.7 Å². The molecule has 2 heterocycles. The fraction of sp³-hybridized carbons (Fsp3) is 0.182. The summed E-state index contributed by atoms with van der Waals surface area (Å²) in [6.45, 7) is 3.44. The third kappa shape index (κ3) is 3.31. The van der Waals surface area contributed by atoms with Gasteiger partial charge in [-0.2, -0.15) is 0 Å². The molecule has 0 radical (unpaired) electrons. The molecule has 1 aliphatic rings. The van der Waals surface area contributed by atoms with Gasteiger partial charge in [-0.05, 0) is 54.3 Å². The molecule has 0 atom stereocenters. The lowest BCUT2D eigenvalue weighted by Crippen LogP contribution is -2.38. The summed E-state index contributed by atoms with van der Waals surface area (Å²) < 4.78 is 0. The van der Waals surface area contributed by atoms with Crippen LogP contribution in [0.5, 0.6) is 0 Å². The summed E-state index contributed by atoms with van der Waals surface area (Å²) in [5.74, 6) is 0. The number of pyridine rings is 1. The minimum Gasteiger partial charge on any atom is -0.320 e. The van der Waals surface area contributed by atoms with Crippen LogP contribution in [0.15, 0.2) is 66.9 Å². The molecule has 4 rings (SSSR count). The van der Waals surface area contributed by atoms with E-state index in [1.165, 1.54) is 11.1 Å². The monoisotopic (exact) mass is 343 g/mol. The second-order valence-electron chi connectivity index (χ2n) is 6.62. The number of anilines is 1. The van der Waals surface area contributed by atoms with Crippen LogP contribution in [0.25, 0.3) is 11.3 Å². The van der Waals surface area contributed by atoms with Crippen LogP contribution in [-0.2, 0) is 13.0 Å². The number of hydrogen-bond donors (Lipinski definition) is 1. The van der Waals surface area contributed by atoms with Gasteiger partial charge in [0.05, 0.1) is 5.69 Å². The van der Waals surface area contributed by atoms with Crippen molar-refractivity contribution in [1.82, 2.24) is 9.88 Å². The van der Waals surface area contributed by atoms with Crippen LogP contribution in [-0.4, -0.2) is 22.5 Å². The SMILES string of the molecule is Cc1ccc(NC(=O)N2CCc3ccccc3C2)cc1-c1ccccn1. The highest BCUT2D eigenvalue weighted by atomic mass is 16.2. The van der Waals surface area contributed by atoms with Gasteiger partial charge in [-0.1, -0.05) is 36.4 Å². The number of carbonyl (C=O) groups is 1. The topological polar surface area (TPSA) is 45.2 Å². The van der Waals surface area contributed by atoms with E-state index >= 15 is 0 Å². The number of nitrogens with one attached hydrogen (secondary N) is 1. The second-order valence-corrected chi connectivity index (χ2v) is 6.62. The number of aryl methyl sites for hydroxylation is 1. The van der Waals surface area contributed by atoms with Crippen molar-refractivity contribution < 1.29 is 4.79 Å². The van der Waals surface area contributed by atoms with Gasteiger partial charge in [-0.15, -0.1) is 0 Å².